The molecule has 3 rings (SSSR count). The standard InChI is InChI=1S/C24H26N2O6/c1-5-31-20(27)14-16-10-12-17(13-11-16)26-22(29)18-8-6-7-9-19(18)25(23(26)30)15-21(28)32-24(2,3)4/h6-13H,5,14-15H2,1-4H3. The molecule has 0 aliphatic heterocycles. The molecule has 0 radical (unpaired) electrons. The van der Waals surface area contributed by atoms with Crippen LogP contribution < -0.4 is 11.2 Å². The Morgan fingerprint density at radius 3 is 2.22 bits per heavy atom. The van der Waals surface area contributed by atoms with Crippen LogP contribution in [0.4, 0.5) is 0 Å². The maximum Gasteiger partial charge on any atom is 0.336 e. The predicted octanol–water partition coefficient (Wildman–Crippen LogP) is 2.60. The Balaban J connectivity index is 2.08. The van der Waals surface area contributed by atoms with E-state index in [2.05, 4.69) is 0 Å². The van der Waals surface area contributed by atoms with E-state index in [4.69, 9.17) is 9.47 Å². The Labute approximate surface area is 185 Å². The van der Waals surface area contributed by atoms with E-state index in [1.807, 2.05) is 0 Å². The molecule has 1 aromatic heterocycles. The van der Waals surface area contributed by atoms with Crippen LogP contribution in [-0.4, -0.2) is 33.3 Å². The fraction of sp³-hybridized carbons (Fsp3) is 0.333. The van der Waals surface area contributed by atoms with Gasteiger partial charge in [0.1, 0.15) is 12.1 Å². The van der Waals surface area contributed by atoms with Crippen LogP contribution in [0.15, 0.2) is 58.1 Å². The van der Waals surface area contributed by atoms with E-state index < -0.39 is 22.8 Å². The van der Waals surface area contributed by atoms with Crippen LogP contribution in [0.5, 0.6) is 0 Å². The molecule has 0 fully saturated rings. The summed E-state index contributed by atoms with van der Waals surface area (Å²) in [6.45, 7) is 6.91. The molecule has 0 atom stereocenters. The van der Waals surface area contributed by atoms with Crippen molar-refractivity contribution in [2.45, 2.75) is 46.3 Å². The van der Waals surface area contributed by atoms with Crippen molar-refractivity contribution in [3.8, 4) is 5.69 Å². The second-order valence-electron chi connectivity index (χ2n) is 8.26. The van der Waals surface area contributed by atoms with Crippen LogP contribution >= 0.6 is 0 Å². The fourth-order valence-electron chi connectivity index (χ4n) is 3.35. The SMILES string of the molecule is CCOC(=O)Cc1ccc(-n2c(=O)c3ccccc3n(CC(=O)OC(C)(C)C)c2=O)cc1. The van der Waals surface area contributed by atoms with Gasteiger partial charge in [-0.2, -0.15) is 0 Å². The van der Waals surface area contributed by atoms with Crippen LogP contribution in [0.3, 0.4) is 0 Å². The zero-order valence-corrected chi connectivity index (χ0v) is 18.6. The highest BCUT2D eigenvalue weighted by Gasteiger charge is 2.20. The molecule has 0 N–H and O–H groups in total. The average Bonchev–Trinajstić information content (AvgIpc) is 2.71. The Bertz CT molecular complexity index is 1260. The lowest BCUT2D eigenvalue weighted by atomic mass is 10.1. The van der Waals surface area contributed by atoms with Gasteiger partial charge in [-0.05, 0) is 57.5 Å². The summed E-state index contributed by atoms with van der Waals surface area (Å²) in [7, 11) is 0. The van der Waals surface area contributed by atoms with Crippen molar-refractivity contribution < 1.29 is 19.1 Å². The van der Waals surface area contributed by atoms with Crippen molar-refractivity contribution in [2.24, 2.45) is 0 Å². The number of rotatable bonds is 6. The first-order valence-corrected chi connectivity index (χ1v) is 10.3. The van der Waals surface area contributed by atoms with E-state index in [1.54, 1.807) is 76.2 Å². The van der Waals surface area contributed by atoms with Gasteiger partial charge in [0.2, 0.25) is 0 Å². The van der Waals surface area contributed by atoms with E-state index >= 15 is 0 Å². The second-order valence-corrected chi connectivity index (χ2v) is 8.26. The Kier molecular flexibility index (Phi) is 6.62. The lowest BCUT2D eigenvalue weighted by Gasteiger charge is -2.20. The smallest absolute Gasteiger partial charge is 0.336 e. The third-order valence-electron chi connectivity index (χ3n) is 4.61. The quantitative estimate of drug-likeness (QED) is 0.549. The summed E-state index contributed by atoms with van der Waals surface area (Å²) in [6, 6.07) is 13.1. The monoisotopic (exact) mass is 438 g/mol. The summed E-state index contributed by atoms with van der Waals surface area (Å²) in [5.74, 6) is -0.942. The third-order valence-corrected chi connectivity index (χ3v) is 4.61. The first kappa shape index (κ1) is 23.0. The number of hydrogen-bond donors (Lipinski definition) is 0. The molecule has 2 aromatic carbocycles. The molecule has 0 saturated heterocycles. The van der Waals surface area contributed by atoms with E-state index in [0.29, 0.717) is 28.8 Å². The second kappa shape index (κ2) is 9.21. The zero-order valence-electron chi connectivity index (χ0n) is 18.6. The zero-order chi connectivity index (χ0) is 23.5. The van der Waals surface area contributed by atoms with Gasteiger partial charge < -0.3 is 9.47 Å². The molecule has 0 unspecified atom stereocenters. The highest BCUT2D eigenvalue weighted by molar-refractivity contribution is 5.80. The molecule has 8 heteroatoms. The molecule has 0 spiro atoms. The largest absolute Gasteiger partial charge is 0.466 e. The first-order chi connectivity index (χ1) is 15.1. The minimum atomic E-state index is -0.709. The molecular weight excluding hydrogens is 412 g/mol. The van der Waals surface area contributed by atoms with E-state index in [0.717, 1.165) is 4.57 Å². The number of fused-ring (bicyclic) bond motifs is 1. The van der Waals surface area contributed by atoms with Crippen molar-refractivity contribution in [1.82, 2.24) is 9.13 Å². The lowest BCUT2D eigenvalue weighted by molar-refractivity contribution is -0.155. The summed E-state index contributed by atoms with van der Waals surface area (Å²) in [5, 5.41) is 0.297. The molecule has 8 nitrogen and oxygen atoms in total. The fourth-order valence-corrected chi connectivity index (χ4v) is 3.35. The van der Waals surface area contributed by atoms with Gasteiger partial charge >= 0.3 is 17.6 Å². The minimum absolute atomic E-state index is 0.0869. The van der Waals surface area contributed by atoms with Gasteiger partial charge in [0.15, 0.2) is 0 Å². The van der Waals surface area contributed by atoms with Crippen LogP contribution in [0.1, 0.15) is 33.3 Å². The van der Waals surface area contributed by atoms with Gasteiger partial charge in [-0.3, -0.25) is 19.0 Å². The minimum Gasteiger partial charge on any atom is -0.466 e. The number of esters is 2. The van der Waals surface area contributed by atoms with Crippen molar-refractivity contribution in [2.75, 3.05) is 6.61 Å². The van der Waals surface area contributed by atoms with Gasteiger partial charge in [-0.25, -0.2) is 9.36 Å². The number of nitrogens with zero attached hydrogens (tertiary/aromatic N) is 2. The normalized spacial score (nSPS) is 11.4. The number of aromatic nitrogens is 2. The molecule has 168 valence electrons. The third kappa shape index (κ3) is 5.14. The van der Waals surface area contributed by atoms with E-state index in [1.165, 1.54) is 4.57 Å². The van der Waals surface area contributed by atoms with Crippen LogP contribution in [0.2, 0.25) is 0 Å². The Morgan fingerprint density at radius 1 is 0.938 bits per heavy atom. The highest BCUT2D eigenvalue weighted by atomic mass is 16.6. The number of benzene rings is 2. The number of para-hydroxylation sites is 1. The summed E-state index contributed by atoms with van der Waals surface area (Å²) >= 11 is 0. The summed E-state index contributed by atoms with van der Waals surface area (Å²) in [6.07, 6.45) is 0.0869. The van der Waals surface area contributed by atoms with Gasteiger partial charge in [-0.15, -0.1) is 0 Å². The molecule has 0 aliphatic rings. The summed E-state index contributed by atoms with van der Waals surface area (Å²) < 4.78 is 12.6. The number of carbonyl (C=O) groups excluding carboxylic acids is 2. The molecule has 1 heterocycles. The van der Waals surface area contributed by atoms with Crippen molar-refractivity contribution >= 4 is 22.8 Å². The molecule has 3 aromatic rings. The molecule has 0 bridgehead atoms. The average molecular weight is 438 g/mol. The van der Waals surface area contributed by atoms with E-state index in [-0.39, 0.29) is 18.9 Å². The van der Waals surface area contributed by atoms with Crippen molar-refractivity contribution in [3.05, 3.63) is 74.9 Å². The summed E-state index contributed by atoms with van der Waals surface area (Å²) in [5.41, 5.74) is -0.489. The highest BCUT2D eigenvalue weighted by Crippen LogP contribution is 2.13. The van der Waals surface area contributed by atoms with Gasteiger partial charge in [0.05, 0.1) is 29.6 Å². The molecule has 0 amide bonds. The number of hydrogen-bond acceptors (Lipinski definition) is 6. The van der Waals surface area contributed by atoms with Gasteiger partial charge in [-0.1, -0.05) is 24.3 Å². The first-order valence-electron chi connectivity index (χ1n) is 10.3. The number of ether oxygens (including phenoxy) is 2. The van der Waals surface area contributed by atoms with E-state index in [9.17, 15) is 19.2 Å². The van der Waals surface area contributed by atoms with Crippen molar-refractivity contribution in [3.63, 3.8) is 0 Å². The Hall–Kier alpha value is -3.68. The van der Waals surface area contributed by atoms with Crippen molar-refractivity contribution in [1.29, 1.82) is 0 Å². The maximum atomic E-state index is 13.3. The molecule has 0 aliphatic carbocycles. The molecule has 32 heavy (non-hydrogen) atoms. The molecular formula is C24H26N2O6. The Morgan fingerprint density at radius 2 is 1.59 bits per heavy atom. The molecule has 0 saturated carbocycles. The van der Waals surface area contributed by atoms with Crippen LogP contribution in [0, 0.1) is 0 Å². The van der Waals surface area contributed by atoms with Gasteiger partial charge in [0, 0.05) is 0 Å². The summed E-state index contributed by atoms with van der Waals surface area (Å²) in [4.78, 5) is 50.6. The number of carbonyl (C=O) groups is 2. The van der Waals surface area contributed by atoms with Crippen LogP contribution in [0.25, 0.3) is 16.6 Å². The topological polar surface area (TPSA) is 96.6 Å². The maximum absolute atomic E-state index is 13.3. The van der Waals surface area contributed by atoms with Crippen LogP contribution in [-0.2, 0) is 32.0 Å². The van der Waals surface area contributed by atoms with Gasteiger partial charge in [0.25, 0.3) is 5.56 Å². The lowest BCUT2D eigenvalue weighted by Crippen LogP contribution is -2.41. The predicted molar refractivity (Wildman–Crippen MR) is 120 cm³/mol.